The van der Waals surface area contributed by atoms with Crippen molar-refractivity contribution in [2.75, 3.05) is 60.9 Å². The van der Waals surface area contributed by atoms with Crippen LogP contribution in [-0.2, 0) is 15.4 Å². The molecule has 0 atom stereocenters. The molecule has 1 aliphatic rings. The van der Waals surface area contributed by atoms with Crippen LogP contribution >= 0.6 is 0 Å². The average molecular weight is 623 g/mol. The molecule has 1 aliphatic heterocycles. The van der Waals surface area contributed by atoms with Gasteiger partial charge in [-0.2, -0.15) is 0 Å². The molecule has 3 aromatic rings. The highest BCUT2D eigenvalue weighted by atomic mass is 32.2. The normalized spacial score (nSPS) is 13.4. The van der Waals surface area contributed by atoms with Crippen LogP contribution in [0.15, 0.2) is 54.9 Å². The first-order chi connectivity index (χ1) is 20.6. The van der Waals surface area contributed by atoms with Crippen molar-refractivity contribution in [3.8, 4) is 5.75 Å². The molecule has 0 fully saturated rings. The molecule has 1 aromatic heterocycles. The Hall–Kier alpha value is -4.33. The lowest BCUT2D eigenvalue weighted by molar-refractivity contribution is 0.102. The van der Waals surface area contributed by atoms with E-state index in [4.69, 9.17) is 4.74 Å². The first kappa shape index (κ1) is 32.6. The summed E-state index contributed by atoms with van der Waals surface area (Å²) < 4.78 is 32.2. The summed E-state index contributed by atoms with van der Waals surface area (Å²) in [7, 11) is 1.89. The number of nitrogens with zero attached hydrogens (tertiary/aromatic N) is 3. The predicted octanol–water partition coefficient (Wildman–Crippen LogP) is 4.12. The van der Waals surface area contributed by atoms with Gasteiger partial charge in [0, 0.05) is 36.6 Å². The summed E-state index contributed by atoms with van der Waals surface area (Å²) in [5.74, 6) is 0.644. The Kier molecular flexibility index (Phi) is 9.72. The zero-order chi connectivity index (χ0) is 32.2. The second-order valence-electron chi connectivity index (χ2n) is 12.0. The van der Waals surface area contributed by atoms with Crippen molar-refractivity contribution >= 4 is 44.5 Å². The first-order valence-electron chi connectivity index (χ1n) is 14.1. The molecule has 2 heterocycles. The van der Waals surface area contributed by atoms with Crippen molar-refractivity contribution in [2.45, 2.75) is 33.1 Å². The zero-order valence-electron chi connectivity index (χ0n) is 26.5. The molecule has 0 saturated carbocycles. The summed E-state index contributed by atoms with van der Waals surface area (Å²) in [6.45, 7) is 9.67. The lowest BCUT2D eigenvalue weighted by atomic mass is 9.86. The molecule has 0 aliphatic carbocycles. The topological polar surface area (TPSA) is 140 Å². The summed E-state index contributed by atoms with van der Waals surface area (Å²) in [5, 5.41) is 8.04. The minimum Gasteiger partial charge on any atom is -0.492 e. The quantitative estimate of drug-likeness (QED) is 0.212. The van der Waals surface area contributed by atoms with Crippen molar-refractivity contribution in [3.63, 3.8) is 0 Å². The third-order valence-electron chi connectivity index (χ3n) is 6.94. The van der Waals surface area contributed by atoms with Crippen LogP contribution in [-0.4, -0.2) is 64.8 Å². The highest BCUT2D eigenvalue weighted by Gasteiger charge is 2.23. The van der Waals surface area contributed by atoms with Gasteiger partial charge in [-0.3, -0.25) is 14.5 Å². The molecule has 13 heteroatoms. The van der Waals surface area contributed by atoms with Gasteiger partial charge in [0.05, 0.1) is 36.1 Å². The van der Waals surface area contributed by atoms with Crippen LogP contribution in [0, 0.1) is 6.92 Å². The number of rotatable bonds is 11. The van der Waals surface area contributed by atoms with E-state index in [1.165, 1.54) is 7.11 Å². The van der Waals surface area contributed by atoms with Crippen molar-refractivity contribution in [3.05, 3.63) is 77.1 Å². The van der Waals surface area contributed by atoms with Gasteiger partial charge in [0.1, 0.15) is 5.82 Å². The smallest absolute Gasteiger partial charge is 0.255 e. The van der Waals surface area contributed by atoms with E-state index < -0.39 is 10.0 Å². The maximum absolute atomic E-state index is 13.6. The second-order valence-corrected chi connectivity index (χ2v) is 13.7. The minimum absolute atomic E-state index is 0.217. The number of carbonyl (C=O) groups is 1. The summed E-state index contributed by atoms with van der Waals surface area (Å²) in [6.07, 6.45) is 4.77. The van der Waals surface area contributed by atoms with E-state index in [2.05, 4.69) is 36.2 Å². The molecule has 44 heavy (non-hydrogen) atoms. The van der Waals surface area contributed by atoms with Crippen molar-refractivity contribution < 1.29 is 17.9 Å². The molecular formula is C31H42N8O4S. The van der Waals surface area contributed by atoms with Crippen molar-refractivity contribution in [1.82, 2.24) is 20.8 Å². The minimum atomic E-state index is -3.60. The number of nitrogens with one attached hydrogen (secondary N) is 5. The number of anilines is 4. The van der Waals surface area contributed by atoms with E-state index in [9.17, 15) is 13.2 Å². The third kappa shape index (κ3) is 8.18. The third-order valence-corrected chi connectivity index (χ3v) is 7.53. The first-order valence-corrected chi connectivity index (χ1v) is 16.0. The lowest BCUT2D eigenvalue weighted by Gasteiger charge is -2.24. The Morgan fingerprint density at radius 2 is 1.82 bits per heavy atom. The van der Waals surface area contributed by atoms with E-state index in [1.54, 1.807) is 35.5 Å². The molecule has 0 saturated heterocycles. The lowest BCUT2D eigenvalue weighted by Crippen LogP contribution is -2.36. The van der Waals surface area contributed by atoms with Crippen LogP contribution in [0.2, 0.25) is 0 Å². The van der Waals surface area contributed by atoms with Gasteiger partial charge in [-0.15, -0.1) is 5.53 Å². The average Bonchev–Trinajstić information content (AvgIpc) is 3.42. The Morgan fingerprint density at radius 1 is 1.09 bits per heavy atom. The fraction of sp³-hybridized carbons (Fsp3) is 0.355. The molecule has 236 valence electrons. The maximum Gasteiger partial charge on any atom is 0.255 e. The van der Waals surface area contributed by atoms with Crippen LogP contribution in [0.3, 0.4) is 0 Å². The molecule has 0 spiro atoms. The van der Waals surface area contributed by atoms with Gasteiger partial charge in [-0.05, 0) is 74.0 Å². The number of benzene rings is 2. The fourth-order valence-electron chi connectivity index (χ4n) is 4.51. The number of aromatic nitrogens is 1. The number of hydrogen-bond acceptors (Lipinski definition) is 10. The van der Waals surface area contributed by atoms with Crippen LogP contribution in [0.5, 0.6) is 5.75 Å². The fourth-order valence-corrected chi connectivity index (χ4v) is 5.06. The molecule has 2 aromatic carbocycles. The van der Waals surface area contributed by atoms with Crippen LogP contribution in [0.1, 0.15) is 47.8 Å². The Morgan fingerprint density at radius 3 is 2.43 bits per heavy atom. The largest absolute Gasteiger partial charge is 0.492 e. The molecule has 0 unspecified atom stereocenters. The second kappa shape index (κ2) is 13.1. The molecule has 0 bridgehead atoms. The SMILES string of the molecule is COc1c(NC(=O)c2ccc(C)c(N3C=C(c4ccc(NCCN(C)C)nc4)NN3)c2)cc(C(C)(C)C)cc1NS(C)(=O)=O. The number of likely N-dealkylation sites (N-methyl/N-ethyl adjacent to an activating group) is 1. The van der Waals surface area contributed by atoms with Crippen molar-refractivity contribution in [1.29, 1.82) is 0 Å². The van der Waals surface area contributed by atoms with Crippen LogP contribution < -0.4 is 36.1 Å². The van der Waals surface area contributed by atoms with Gasteiger partial charge < -0.3 is 25.7 Å². The van der Waals surface area contributed by atoms with Crippen LogP contribution in [0.25, 0.3) is 5.70 Å². The number of methoxy groups -OCH3 is 1. The summed E-state index contributed by atoms with van der Waals surface area (Å²) in [6, 6.07) is 12.8. The number of hydrazine groups is 2. The molecule has 4 rings (SSSR count). The summed E-state index contributed by atoms with van der Waals surface area (Å²) >= 11 is 0. The van der Waals surface area contributed by atoms with E-state index in [1.807, 2.05) is 66.2 Å². The molecule has 5 N–H and O–H groups in total. The van der Waals surface area contributed by atoms with E-state index in [0.717, 1.165) is 53.2 Å². The number of ether oxygens (including phenoxy) is 1. The van der Waals surface area contributed by atoms with Crippen molar-refractivity contribution in [2.24, 2.45) is 0 Å². The number of pyridine rings is 1. The van der Waals surface area contributed by atoms with E-state index in [-0.39, 0.29) is 22.8 Å². The number of sulfonamides is 1. The molecule has 0 radical (unpaired) electrons. The molecule has 1 amide bonds. The highest BCUT2D eigenvalue weighted by molar-refractivity contribution is 7.92. The maximum atomic E-state index is 13.6. The zero-order valence-corrected chi connectivity index (χ0v) is 27.3. The number of hydrogen-bond donors (Lipinski definition) is 5. The Bertz CT molecular complexity index is 1650. The summed E-state index contributed by atoms with van der Waals surface area (Å²) in [5.41, 5.74) is 11.2. The highest BCUT2D eigenvalue weighted by Crippen LogP contribution is 2.39. The number of amides is 1. The van der Waals surface area contributed by atoms with E-state index >= 15 is 0 Å². The Balaban J connectivity index is 1.57. The Labute approximate surface area is 259 Å². The van der Waals surface area contributed by atoms with Gasteiger partial charge in [0.2, 0.25) is 10.0 Å². The molecule has 12 nitrogen and oxygen atoms in total. The van der Waals surface area contributed by atoms with Gasteiger partial charge >= 0.3 is 0 Å². The van der Waals surface area contributed by atoms with Crippen LogP contribution in [0.4, 0.5) is 22.9 Å². The standard InChI is InChI=1S/C31H42N8O4S/c1-20-9-10-21(30(40)34-24-16-23(31(2,3)4)17-25(29(24)43-7)36-44(8,41)42)15-27(20)39-19-26(35-37-39)22-11-12-28(33-18-22)32-13-14-38(5)6/h9-12,15-19,35-37H,13-14H2,1-8H3,(H,32,33)(H,34,40). The van der Waals surface area contributed by atoms with Gasteiger partial charge in [-0.25, -0.2) is 13.4 Å². The monoisotopic (exact) mass is 622 g/mol. The van der Waals surface area contributed by atoms with Gasteiger partial charge in [-0.1, -0.05) is 26.8 Å². The number of aryl methyl sites for hydroxylation is 1. The van der Waals surface area contributed by atoms with Gasteiger partial charge in [0.15, 0.2) is 5.75 Å². The van der Waals surface area contributed by atoms with E-state index in [0.29, 0.717) is 11.3 Å². The summed E-state index contributed by atoms with van der Waals surface area (Å²) in [4.78, 5) is 20.2. The van der Waals surface area contributed by atoms with Gasteiger partial charge in [0.25, 0.3) is 5.91 Å². The molecular weight excluding hydrogens is 580 g/mol. The predicted molar refractivity (Wildman–Crippen MR) is 177 cm³/mol. The number of carbonyl (C=O) groups excluding carboxylic acids is 1.